The first-order chi connectivity index (χ1) is 8.58. The third-order valence-electron chi connectivity index (χ3n) is 2.25. The molecule has 0 bridgehead atoms. The van der Waals surface area contributed by atoms with Crippen molar-refractivity contribution in [2.24, 2.45) is 5.73 Å². The van der Waals surface area contributed by atoms with Crippen LogP contribution in [0.3, 0.4) is 0 Å². The van der Waals surface area contributed by atoms with Crippen LogP contribution in [0, 0.1) is 6.92 Å². The van der Waals surface area contributed by atoms with Crippen molar-refractivity contribution in [3.63, 3.8) is 0 Å². The number of hydrogen-bond acceptors (Lipinski definition) is 4. The molecule has 0 radical (unpaired) electrons. The summed E-state index contributed by atoms with van der Waals surface area (Å²) in [6.07, 6.45) is 4.69. The lowest BCUT2D eigenvalue weighted by molar-refractivity contribution is -0.116. The molecule has 0 saturated carbocycles. The molecule has 7 heteroatoms. The maximum Gasteiger partial charge on any atom is 0.312 e. The minimum atomic E-state index is -0.508. The minimum absolute atomic E-state index is 0.0211. The van der Waals surface area contributed by atoms with E-state index in [0.29, 0.717) is 18.1 Å². The average Bonchev–Trinajstić information content (AvgIpc) is 2.68. The molecule has 1 heterocycles. The zero-order valence-corrected chi connectivity index (χ0v) is 11.2. The quantitative estimate of drug-likeness (QED) is 0.657. The van der Waals surface area contributed by atoms with Crippen LogP contribution in [0.1, 0.15) is 30.6 Å². The van der Waals surface area contributed by atoms with E-state index in [4.69, 9.17) is 5.73 Å². The first-order valence-electron chi connectivity index (χ1n) is 5.83. The highest BCUT2D eigenvalue weighted by Gasteiger charge is 2.04. The van der Waals surface area contributed by atoms with Crippen LogP contribution < -0.4 is 16.4 Å². The van der Waals surface area contributed by atoms with Crippen molar-refractivity contribution in [2.45, 2.75) is 32.6 Å². The molecule has 4 N–H and O–H groups in total. The third-order valence-corrected chi connectivity index (χ3v) is 3.08. The summed E-state index contributed by atoms with van der Waals surface area (Å²) in [5.41, 5.74) is 4.92. The van der Waals surface area contributed by atoms with Crippen LogP contribution >= 0.6 is 11.3 Å². The fraction of sp³-hybridized carbons (Fsp3) is 0.545. The number of unbranched alkanes of at least 4 members (excludes halogenated alkanes) is 2. The number of hydrogen-bond donors (Lipinski definition) is 3. The molecule has 1 aromatic rings. The lowest BCUT2D eigenvalue weighted by Gasteiger charge is -2.02. The van der Waals surface area contributed by atoms with E-state index in [0.717, 1.165) is 24.1 Å². The van der Waals surface area contributed by atoms with Gasteiger partial charge in [0.05, 0.1) is 0 Å². The van der Waals surface area contributed by atoms with Gasteiger partial charge in [-0.05, 0) is 19.8 Å². The Kier molecular flexibility index (Phi) is 6.13. The maximum absolute atomic E-state index is 11.5. The van der Waals surface area contributed by atoms with Crippen molar-refractivity contribution in [1.29, 1.82) is 0 Å². The van der Waals surface area contributed by atoms with Crippen LogP contribution in [-0.2, 0) is 4.79 Å². The number of nitrogens with two attached hydrogens (primary N) is 1. The van der Waals surface area contributed by atoms with E-state index >= 15 is 0 Å². The van der Waals surface area contributed by atoms with Gasteiger partial charge in [-0.15, -0.1) is 11.3 Å². The second-order valence-corrected chi connectivity index (χ2v) is 5.16. The van der Waals surface area contributed by atoms with Crippen LogP contribution in [0.4, 0.5) is 9.93 Å². The van der Waals surface area contributed by atoms with E-state index in [-0.39, 0.29) is 5.91 Å². The number of anilines is 1. The van der Waals surface area contributed by atoms with Crippen molar-refractivity contribution < 1.29 is 9.59 Å². The fourth-order valence-corrected chi connectivity index (χ4v) is 2.07. The van der Waals surface area contributed by atoms with Crippen molar-refractivity contribution in [3.05, 3.63) is 11.1 Å². The van der Waals surface area contributed by atoms with Crippen LogP contribution in [0.5, 0.6) is 0 Å². The van der Waals surface area contributed by atoms with Gasteiger partial charge in [0.25, 0.3) is 0 Å². The molecule has 0 saturated heterocycles. The summed E-state index contributed by atoms with van der Waals surface area (Å²) >= 11 is 1.46. The molecule has 0 aliphatic carbocycles. The fourth-order valence-electron chi connectivity index (χ4n) is 1.39. The highest BCUT2D eigenvalue weighted by atomic mass is 32.1. The molecule has 3 amide bonds. The van der Waals surface area contributed by atoms with Gasteiger partial charge >= 0.3 is 6.03 Å². The number of nitrogens with one attached hydrogen (secondary N) is 2. The molecule has 0 fully saturated rings. The maximum atomic E-state index is 11.5. The predicted octanol–water partition coefficient (Wildman–Crippen LogP) is 1.62. The number of nitrogens with zero attached hydrogens (tertiary/aromatic N) is 1. The SMILES string of the molecule is Cc1cnc(NC(=O)CCCCCNC(N)=O)s1. The Morgan fingerprint density at radius 3 is 2.78 bits per heavy atom. The first-order valence-corrected chi connectivity index (χ1v) is 6.65. The molecular formula is C11H18N4O2S. The second kappa shape index (κ2) is 7.65. The molecule has 0 aliphatic rings. The van der Waals surface area contributed by atoms with Gasteiger partial charge in [-0.1, -0.05) is 6.42 Å². The zero-order chi connectivity index (χ0) is 13.4. The van der Waals surface area contributed by atoms with Crippen molar-refractivity contribution in [3.8, 4) is 0 Å². The number of aryl methyl sites for hydroxylation is 1. The first kappa shape index (κ1) is 14.4. The van der Waals surface area contributed by atoms with Gasteiger partial charge in [-0.25, -0.2) is 9.78 Å². The Hall–Kier alpha value is -1.63. The highest BCUT2D eigenvalue weighted by molar-refractivity contribution is 7.15. The molecule has 0 atom stereocenters. The second-order valence-electron chi connectivity index (χ2n) is 3.93. The number of carbonyl (C=O) groups is 2. The topological polar surface area (TPSA) is 97.1 Å². The largest absolute Gasteiger partial charge is 0.352 e. The molecule has 0 aromatic carbocycles. The van der Waals surface area contributed by atoms with E-state index in [1.807, 2.05) is 6.92 Å². The number of carbonyl (C=O) groups excluding carboxylic acids is 2. The highest BCUT2D eigenvalue weighted by Crippen LogP contribution is 2.16. The number of primary amides is 1. The van der Waals surface area contributed by atoms with Crippen molar-refractivity contribution in [2.75, 3.05) is 11.9 Å². The standard InChI is InChI=1S/C11H18N4O2S/c1-8-7-14-11(18-8)15-9(16)5-3-2-4-6-13-10(12)17/h7H,2-6H2,1H3,(H3,12,13,17)(H,14,15,16). The number of aromatic nitrogens is 1. The Labute approximate surface area is 110 Å². The number of rotatable bonds is 7. The molecule has 0 aliphatic heterocycles. The molecule has 0 unspecified atom stereocenters. The Morgan fingerprint density at radius 2 is 2.17 bits per heavy atom. The van der Waals surface area contributed by atoms with Gasteiger partial charge in [0, 0.05) is 24.0 Å². The Morgan fingerprint density at radius 1 is 1.39 bits per heavy atom. The van der Waals surface area contributed by atoms with E-state index < -0.39 is 6.03 Å². The summed E-state index contributed by atoms with van der Waals surface area (Å²) in [6.45, 7) is 2.50. The lowest BCUT2D eigenvalue weighted by Crippen LogP contribution is -2.29. The van der Waals surface area contributed by atoms with Crippen LogP contribution in [0.2, 0.25) is 0 Å². The number of thiazole rings is 1. The molecular weight excluding hydrogens is 252 g/mol. The van der Waals surface area contributed by atoms with Gasteiger partial charge in [-0.3, -0.25) is 4.79 Å². The Bertz CT molecular complexity index is 406. The summed E-state index contributed by atoms with van der Waals surface area (Å²) in [5.74, 6) is -0.0211. The molecule has 1 rings (SSSR count). The normalized spacial score (nSPS) is 10.1. The van der Waals surface area contributed by atoms with Crippen molar-refractivity contribution in [1.82, 2.24) is 10.3 Å². The van der Waals surface area contributed by atoms with Crippen molar-refractivity contribution >= 4 is 28.4 Å². The van der Waals surface area contributed by atoms with Gasteiger partial charge in [-0.2, -0.15) is 0 Å². The minimum Gasteiger partial charge on any atom is -0.352 e. The monoisotopic (exact) mass is 270 g/mol. The number of urea groups is 1. The third kappa shape index (κ3) is 6.19. The molecule has 1 aromatic heterocycles. The molecule has 6 nitrogen and oxygen atoms in total. The van der Waals surface area contributed by atoms with E-state index in [2.05, 4.69) is 15.6 Å². The lowest BCUT2D eigenvalue weighted by atomic mass is 10.2. The summed E-state index contributed by atoms with van der Waals surface area (Å²) in [4.78, 5) is 27.0. The van der Waals surface area contributed by atoms with Gasteiger partial charge in [0.1, 0.15) is 0 Å². The summed E-state index contributed by atoms with van der Waals surface area (Å²) in [5, 5.41) is 5.90. The van der Waals surface area contributed by atoms with E-state index in [1.54, 1.807) is 6.20 Å². The van der Waals surface area contributed by atoms with E-state index in [1.165, 1.54) is 11.3 Å². The van der Waals surface area contributed by atoms with Crippen LogP contribution in [-0.4, -0.2) is 23.5 Å². The summed E-state index contributed by atoms with van der Waals surface area (Å²) < 4.78 is 0. The van der Waals surface area contributed by atoms with Gasteiger partial charge < -0.3 is 16.4 Å². The molecule has 18 heavy (non-hydrogen) atoms. The average molecular weight is 270 g/mol. The van der Waals surface area contributed by atoms with Gasteiger partial charge in [0.15, 0.2) is 5.13 Å². The number of amides is 3. The van der Waals surface area contributed by atoms with Crippen LogP contribution in [0.15, 0.2) is 6.20 Å². The van der Waals surface area contributed by atoms with Crippen LogP contribution in [0.25, 0.3) is 0 Å². The molecule has 100 valence electrons. The van der Waals surface area contributed by atoms with Gasteiger partial charge in [0.2, 0.25) is 5.91 Å². The summed E-state index contributed by atoms with van der Waals surface area (Å²) in [7, 11) is 0. The van der Waals surface area contributed by atoms with E-state index in [9.17, 15) is 9.59 Å². The summed E-state index contributed by atoms with van der Waals surface area (Å²) in [6, 6.07) is -0.508. The zero-order valence-electron chi connectivity index (χ0n) is 10.4. The smallest absolute Gasteiger partial charge is 0.312 e. The Balaban J connectivity index is 2.05. The predicted molar refractivity (Wildman–Crippen MR) is 71.5 cm³/mol. The molecule has 0 spiro atoms.